The summed E-state index contributed by atoms with van der Waals surface area (Å²) < 4.78 is 14.1. The number of fused-ring (bicyclic) bond motifs is 1. The van der Waals surface area contributed by atoms with E-state index in [0.29, 0.717) is 17.0 Å². The van der Waals surface area contributed by atoms with Crippen molar-refractivity contribution in [3.05, 3.63) is 12.7 Å². The van der Waals surface area contributed by atoms with Crippen LogP contribution in [-0.4, -0.2) is 66.8 Å². The number of rotatable bonds is 3. The molecule has 3 rings (SSSR count). The van der Waals surface area contributed by atoms with Crippen molar-refractivity contribution >= 4 is 17.0 Å². The lowest BCUT2D eigenvalue weighted by Crippen LogP contribution is -2.33. The highest BCUT2D eigenvalue weighted by atomic mass is 16.6. The van der Waals surface area contributed by atoms with Gasteiger partial charge in [-0.2, -0.15) is 0 Å². The number of nitrogens with zero attached hydrogens (tertiary/aromatic N) is 4. The van der Waals surface area contributed by atoms with E-state index in [0.717, 1.165) is 0 Å². The fourth-order valence-electron chi connectivity index (χ4n) is 2.28. The van der Waals surface area contributed by atoms with Gasteiger partial charge in [0.25, 0.3) is 0 Å². The van der Waals surface area contributed by atoms with Gasteiger partial charge >= 0.3 is 0 Å². The molecule has 9 nitrogen and oxygen atoms in total. The Morgan fingerprint density at radius 2 is 2.25 bits per heavy atom. The molecular weight excluding hydrogens is 266 g/mol. The second-order valence-corrected chi connectivity index (χ2v) is 4.45. The average Bonchev–Trinajstić information content (AvgIpc) is 3.03. The van der Waals surface area contributed by atoms with Crippen molar-refractivity contribution in [2.45, 2.75) is 24.5 Å². The molecule has 1 aliphatic heterocycles. The van der Waals surface area contributed by atoms with Gasteiger partial charge in [-0.25, -0.2) is 15.0 Å². The highest BCUT2D eigenvalue weighted by molar-refractivity contribution is 5.82. The number of hydrogen-bond donors (Lipinski definition) is 4. The van der Waals surface area contributed by atoms with Gasteiger partial charge in [-0.15, -0.1) is 0 Å². The maximum atomic E-state index is 10.0. The summed E-state index contributed by atoms with van der Waals surface area (Å²) in [5.41, 5.74) is 0.832. The van der Waals surface area contributed by atoms with Crippen molar-refractivity contribution in [3.63, 3.8) is 0 Å². The molecule has 2 aromatic rings. The van der Waals surface area contributed by atoms with Crippen molar-refractivity contribution in [1.82, 2.24) is 19.5 Å². The van der Waals surface area contributed by atoms with Gasteiger partial charge in [0, 0.05) is 8.39 Å². The Labute approximate surface area is 115 Å². The number of nitrogens with one attached hydrogen (secondary N) is 1. The van der Waals surface area contributed by atoms with Crippen LogP contribution in [0, 0.1) is 0 Å². The van der Waals surface area contributed by atoms with Crippen molar-refractivity contribution in [2.75, 3.05) is 18.9 Å². The minimum absolute atomic E-state index is 0.0627. The first-order valence-corrected chi connectivity index (χ1v) is 6.00. The van der Waals surface area contributed by atoms with Crippen LogP contribution in [0.1, 0.15) is 7.60 Å². The minimum atomic E-state index is -1.21. The summed E-state index contributed by atoms with van der Waals surface area (Å²) in [4.78, 5) is 12.2. The zero-order valence-corrected chi connectivity index (χ0v) is 10.4. The first-order chi connectivity index (χ1) is 10.2. The van der Waals surface area contributed by atoms with E-state index in [9.17, 15) is 10.2 Å². The van der Waals surface area contributed by atoms with Gasteiger partial charge in [0.2, 0.25) is 0 Å². The molecule has 3 heterocycles. The molecule has 0 aromatic carbocycles. The van der Waals surface area contributed by atoms with E-state index < -0.39 is 31.1 Å². The summed E-state index contributed by atoms with van der Waals surface area (Å²) in [6.45, 7) is -0.401. The van der Waals surface area contributed by atoms with Crippen LogP contribution in [0.2, 0.25) is 0 Å². The Morgan fingerprint density at radius 1 is 1.40 bits per heavy atom. The van der Waals surface area contributed by atoms with Crippen LogP contribution in [0.3, 0.4) is 0 Å². The molecular formula is C11H15N5O4. The fourth-order valence-corrected chi connectivity index (χ4v) is 2.28. The lowest BCUT2D eigenvalue weighted by atomic mass is 10.1. The Kier molecular flexibility index (Phi) is 2.96. The molecule has 1 saturated heterocycles. The summed E-state index contributed by atoms with van der Waals surface area (Å²) in [7, 11) is -0.0627. The zero-order chi connectivity index (χ0) is 15.0. The van der Waals surface area contributed by atoms with Crippen molar-refractivity contribution in [3.8, 4) is 0 Å². The minimum Gasteiger partial charge on any atom is -0.394 e. The normalized spacial score (nSPS) is 30.6. The molecule has 0 unspecified atom stereocenters. The summed E-state index contributed by atoms with van der Waals surface area (Å²) in [6.07, 6.45) is -1.45. The first-order valence-electron chi connectivity index (χ1n) is 6.71. The molecule has 4 N–H and O–H groups in total. The molecule has 0 spiro atoms. The number of ether oxygens (including phenoxy) is 1. The molecule has 108 valence electrons. The third-order valence-electron chi connectivity index (χ3n) is 3.32. The van der Waals surface area contributed by atoms with Gasteiger partial charge < -0.3 is 25.4 Å². The highest BCUT2D eigenvalue weighted by Gasteiger charge is 2.43. The lowest BCUT2D eigenvalue weighted by molar-refractivity contribution is -0.0511. The Balaban J connectivity index is 2.00. The molecule has 0 aliphatic carbocycles. The summed E-state index contributed by atoms with van der Waals surface area (Å²) in [5, 5.41) is 31.7. The van der Waals surface area contributed by atoms with E-state index in [-0.39, 0.29) is 7.02 Å². The standard InChI is InChI=1S/C11H15N5O4/c1-12-9-6-10(14-3-13-9)16(4-15-6)11-8(19)7(18)5(2-17)20-11/h3-5,7-8,11,17-19H,2H2,1H3,(H,12,13,14)/t5-,7-,8-,11-/m1/s1/i1D. The first kappa shape index (κ1) is 12.0. The maximum absolute atomic E-state index is 10.0. The van der Waals surface area contributed by atoms with E-state index in [2.05, 4.69) is 20.3 Å². The number of anilines is 1. The van der Waals surface area contributed by atoms with Crippen LogP contribution in [0.4, 0.5) is 5.82 Å². The van der Waals surface area contributed by atoms with E-state index in [1.54, 1.807) is 0 Å². The van der Waals surface area contributed by atoms with E-state index >= 15 is 0 Å². The van der Waals surface area contributed by atoms with Crippen LogP contribution >= 0.6 is 0 Å². The predicted molar refractivity (Wildman–Crippen MR) is 67.9 cm³/mol. The second kappa shape index (κ2) is 4.94. The molecule has 0 saturated carbocycles. The monoisotopic (exact) mass is 282 g/mol. The SMILES string of the molecule is [2H]CNc1ncnc2c1ncn2[C@@H]1O[C@H](CO)[C@@H](O)[C@H]1O. The van der Waals surface area contributed by atoms with Crippen LogP contribution in [-0.2, 0) is 4.74 Å². The molecule has 1 aliphatic rings. The average molecular weight is 282 g/mol. The van der Waals surface area contributed by atoms with Crippen molar-refractivity contribution in [1.29, 1.82) is 0 Å². The second-order valence-electron chi connectivity index (χ2n) is 4.45. The van der Waals surface area contributed by atoms with Crippen LogP contribution in [0.15, 0.2) is 12.7 Å². The Hall–Kier alpha value is -1.81. The van der Waals surface area contributed by atoms with Gasteiger partial charge in [0.1, 0.15) is 30.2 Å². The molecule has 4 atom stereocenters. The fraction of sp³-hybridized carbons (Fsp3) is 0.545. The van der Waals surface area contributed by atoms with E-state index in [1.165, 1.54) is 17.2 Å². The van der Waals surface area contributed by atoms with Gasteiger partial charge in [0.05, 0.1) is 12.9 Å². The smallest absolute Gasteiger partial charge is 0.167 e. The predicted octanol–water partition coefficient (Wildman–Crippen LogP) is -1.52. The highest BCUT2D eigenvalue weighted by Crippen LogP contribution is 2.31. The molecule has 0 amide bonds. The lowest BCUT2D eigenvalue weighted by Gasteiger charge is -2.16. The molecule has 2 aromatic heterocycles. The number of aliphatic hydroxyl groups excluding tert-OH is 3. The third kappa shape index (κ3) is 1.83. The largest absolute Gasteiger partial charge is 0.394 e. The summed E-state index contributed by atoms with van der Waals surface area (Å²) in [5.74, 6) is 0.403. The van der Waals surface area contributed by atoms with Gasteiger partial charge in [-0.05, 0) is 0 Å². The van der Waals surface area contributed by atoms with Crippen molar-refractivity contribution in [2.24, 2.45) is 0 Å². The summed E-state index contributed by atoms with van der Waals surface area (Å²) in [6, 6.07) is 0. The molecule has 9 heteroatoms. The Bertz CT molecular complexity index is 638. The third-order valence-corrected chi connectivity index (χ3v) is 3.32. The maximum Gasteiger partial charge on any atom is 0.167 e. The van der Waals surface area contributed by atoms with E-state index in [4.69, 9.17) is 11.2 Å². The molecule has 20 heavy (non-hydrogen) atoms. The number of aromatic nitrogens is 4. The van der Waals surface area contributed by atoms with E-state index in [1.807, 2.05) is 0 Å². The molecule has 0 bridgehead atoms. The van der Waals surface area contributed by atoms with Crippen LogP contribution in [0.5, 0.6) is 0 Å². The summed E-state index contributed by atoms with van der Waals surface area (Å²) >= 11 is 0. The topological polar surface area (TPSA) is 126 Å². The van der Waals surface area contributed by atoms with Gasteiger partial charge in [-0.3, -0.25) is 4.57 Å². The zero-order valence-electron chi connectivity index (χ0n) is 11.4. The number of imidazole rings is 1. The molecule has 0 radical (unpaired) electrons. The van der Waals surface area contributed by atoms with Gasteiger partial charge in [0.15, 0.2) is 17.7 Å². The number of hydrogen-bond acceptors (Lipinski definition) is 8. The quantitative estimate of drug-likeness (QED) is 0.535. The van der Waals surface area contributed by atoms with Crippen LogP contribution in [0.25, 0.3) is 11.2 Å². The Morgan fingerprint density at radius 3 is 2.95 bits per heavy atom. The van der Waals surface area contributed by atoms with Crippen LogP contribution < -0.4 is 5.32 Å². The van der Waals surface area contributed by atoms with Crippen molar-refractivity contribution < 1.29 is 21.4 Å². The molecule has 1 fully saturated rings. The number of aliphatic hydroxyl groups is 3. The van der Waals surface area contributed by atoms with Gasteiger partial charge in [-0.1, -0.05) is 0 Å².